The second-order valence-corrected chi connectivity index (χ2v) is 13.1. The number of benzene rings is 1. The monoisotopic (exact) mass is 597 g/mol. The molecule has 0 fully saturated rings. The second kappa shape index (κ2) is 15.6. The fourth-order valence-corrected chi connectivity index (χ4v) is 5.93. The topological polar surface area (TPSA) is 95.0 Å². The largest absolute Gasteiger partial charge is 0.497 e. The molecular weight excluding hydrogens is 550 g/mol. The van der Waals surface area contributed by atoms with Crippen molar-refractivity contribution in [3.05, 3.63) is 63.6 Å². The van der Waals surface area contributed by atoms with Crippen molar-refractivity contribution in [1.29, 1.82) is 0 Å². The molecule has 7 nitrogen and oxygen atoms in total. The first-order chi connectivity index (χ1) is 19.9. The maximum atomic E-state index is 13.9. The van der Waals surface area contributed by atoms with Crippen LogP contribution in [-0.2, 0) is 25.7 Å². The molecule has 3 rings (SSSR count). The van der Waals surface area contributed by atoms with Crippen LogP contribution in [0.5, 0.6) is 5.75 Å². The summed E-state index contributed by atoms with van der Waals surface area (Å²) >= 11 is 1.58. The summed E-state index contributed by atoms with van der Waals surface area (Å²) in [6.45, 7) is 11.5. The van der Waals surface area contributed by atoms with Crippen molar-refractivity contribution >= 4 is 29.2 Å². The summed E-state index contributed by atoms with van der Waals surface area (Å²) in [5.41, 5.74) is 1.58. The van der Waals surface area contributed by atoms with Gasteiger partial charge in [0.1, 0.15) is 17.6 Å². The number of carbonyl (C=O) groups excluding carboxylic acids is 2. The van der Waals surface area contributed by atoms with Gasteiger partial charge in [0.05, 0.1) is 48.5 Å². The molecule has 1 aliphatic rings. The third kappa shape index (κ3) is 9.35. The molecule has 230 valence electrons. The van der Waals surface area contributed by atoms with Crippen LogP contribution in [0.15, 0.2) is 47.4 Å². The zero-order valence-electron chi connectivity index (χ0n) is 26.1. The summed E-state index contributed by atoms with van der Waals surface area (Å²) in [5.74, 6) is -0.487. The van der Waals surface area contributed by atoms with E-state index in [1.807, 2.05) is 56.5 Å². The second-order valence-electron chi connectivity index (χ2n) is 12.0. The Labute approximate surface area is 255 Å². The Bertz CT molecular complexity index is 1230. The smallest absolute Gasteiger partial charge is 0.309 e. The summed E-state index contributed by atoms with van der Waals surface area (Å²) in [5, 5.41) is 14.0. The Hall–Kier alpha value is -2.81. The predicted molar refractivity (Wildman–Crippen MR) is 167 cm³/mol. The molecule has 0 radical (unpaired) electrons. The van der Waals surface area contributed by atoms with Gasteiger partial charge >= 0.3 is 5.97 Å². The van der Waals surface area contributed by atoms with Crippen LogP contribution in [0.4, 0.5) is 0 Å². The molecule has 1 aromatic heterocycles. The first kappa shape index (κ1) is 33.7. The first-order valence-electron chi connectivity index (χ1n) is 14.8. The third-order valence-electron chi connectivity index (χ3n) is 8.25. The van der Waals surface area contributed by atoms with Crippen molar-refractivity contribution in [3.8, 4) is 5.75 Å². The van der Waals surface area contributed by atoms with Crippen LogP contribution in [0.2, 0.25) is 0 Å². The van der Waals surface area contributed by atoms with Gasteiger partial charge in [-0.2, -0.15) is 0 Å². The highest BCUT2D eigenvalue weighted by Gasteiger charge is 2.43. The summed E-state index contributed by atoms with van der Waals surface area (Å²) in [6.07, 6.45) is 7.09. The van der Waals surface area contributed by atoms with Crippen LogP contribution in [-0.4, -0.2) is 47.3 Å². The predicted octanol–water partition coefficient (Wildman–Crippen LogP) is 7.11. The Balaban J connectivity index is 1.91. The molecule has 0 bridgehead atoms. The number of cyclic esters (lactones) is 1. The number of aryl methyl sites for hydroxylation is 1. The normalized spacial score (nSPS) is 27.3. The van der Waals surface area contributed by atoms with Crippen molar-refractivity contribution in [2.24, 2.45) is 17.3 Å². The summed E-state index contributed by atoms with van der Waals surface area (Å²) < 4.78 is 17.6. The zero-order chi connectivity index (χ0) is 30.9. The molecule has 1 unspecified atom stereocenters. The number of aliphatic hydroxyl groups excluding tert-OH is 1. The molecule has 0 amide bonds. The number of Topliss-reactive ketones (excluding diaryl/α,β-unsaturated/α-hetero) is 1. The number of hydrogen-bond donors (Lipinski definition) is 1. The number of aromatic nitrogens is 1. The van der Waals surface area contributed by atoms with Gasteiger partial charge in [-0.05, 0) is 68.4 Å². The van der Waals surface area contributed by atoms with Gasteiger partial charge in [-0.1, -0.05) is 52.0 Å². The minimum atomic E-state index is -1.05. The number of rotatable bonds is 6. The number of allylic oxidation sites excluding steroid dienone is 1. The molecule has 0 aliphatic carbocycles. The summed E-state index contributed by atoms with van der Waals surface area (Å²) in [6, 6.07) is 7.48. The molecule has 0 saturated carbocycles. The van der Waals surface area contributed by atoms with Gasteiger partial charge < -0.3 is 19.3 Å². The Morgan fingerprint density at radius 3 is 2.55 bits per heavy atom. The van der Waals surface area contributed by atoms with E-state index in [0.29, 0.717) is 6.42 Å². The van der Waals surface area contributed by atoms with E-state index < -0.39 is 35.6 Å². The molecule has 8 heteroatoms. The Kier molecular flexibility index (Phi) is 12.5. The van der Waals surface area contributed by atoms with Gasteiger partial charge in [0.25, 0.3) is 0 Å². The van der Waals surface area contributed by atoms with Gasteiger partial charge in [0.2, 0.25) is 0 Å². The standard InChI is InChI=1S/C34H47NO6S/c1-22-12-10-8-9-11-13-29(23(2)18-27-21-42-25(4)35-27)41-31(36)19-30(34(5,6)33(38)24(3)32(22)37)40-20-26-14-16-28(39-7)17-15-26/h9,11,14-18,21-22,24,29-30,32,37H,8,10,12-13,19-20H2,1-7H3/b11-9-,23-18+/t22-,24+,29?,30-,32-/m0/s1. The van der Waals surface area contributed by atoms with Crippen molar-refractivity contribution in [1.82, 2.24) is 4.98 Å². The molecule has 1 aromatic carbocycles. The molecule has 42 heavy (non-hydrogen) atoms. The number of thiazole rings is 1. The summed E-state index contributed by atoms with van der Waals surface area (Å²) in [7, 11) is 1.61. The minimum Gasteiger partial charge on any atom is -0.497 e. The number of nitrogens with zero attached hydrogens (tertiary/aromatic N) is 1. The first-order valence-corrected chi connectivity index (χ1v) is 15.7. The zero-order valence-corrected chi connectivity index (χ0v) is 26.9. The minimum absolute atomic E-state index is 0.0378. The van der Waals surface area contributed by atoms with E-state index in [9.17, 15) is 14.7 Å². The van der Waals surface area contributed by atoms with Crippen molar-refractivity contribution in [2.75, 3.05) is 7.11 Å². The average molecular weight is 598 g/mol. The third-order valence-corrected chi connectivity index (χ3v) is 9.04. The maximum absolute atomic E-state index is 13.9. The average Bonchev–Trinajstić information content (AvgIpc) is 3.38. The quantitative estimate of drug-likeness (QED) is 0.280. The lowest BCUT2D eigenvalue weighted by Crippen LogP contribution is -2.46. The molecule has 2 aromatic rings. The number of hydrogen-bond acceptors (Lipinski definition) is 8. The lowest BCUT2D eigenvalue weighted by Gasteiger charge is -2.37. The number of methoxy groups -OCH3 is 1. The van der Waals surface area contributed by atoms with Crippen molar-refractivity contribution < 1.29 is 28.9 Å². The fourth-order valence-electron chi connectivity index (χ4n) is 5.36. The van der Waals surface area contributed by atoms with Gasteiger partial charge in [-0.25, -0.2) is 4.98 Å². The molecule has 0 saturated heterocycles. The fraction of sp³-hybridized carbons (Fsp3) is 0.559. The van der Waals surface area contributed by atoms with Crippen molar-refractivity contribution in [2.45, 2.75) is 98.6 Å². The number of aliphatic hydroxyl groups is 1. The summed E-state index contributed by atoms with van der Waals surface area (Å²) in [4.78, 5) is 31.9. The number of ketones is 1. The van der Waals surface area contributed by atoms with Crippen LogP contribution in [0.3, 0.4) is 0 Å². The highest BCUT2D eigenvalue weighted by atomic mass is 32.1. The maximum Gasteiger partial charge on any atom is 0.309 e. The van der Waals surface area contributed by atoms with E-state index >= 15 is 0 Å². The van der Waals surface area contributed by atoms with Gasteiger partial charge in [0.15, 0.2) is 0 Å². The molecule has 5 atom stereocenters. The van der Waals surface area contributed by atoms with Crippen LogP contribution >= 0.6 is 11.3 Å². The Morgan fingerprint density at radius 1 is 1.19 bits per heavy atom. The van der Waals surface area contributed by atoms with Crippen LogP contribution in [0.25, 0.3) is 6.08 Å². The lowest BCUT2D eigenvalue weighted by atomic mass is 9.73. The highest BCUT2D eigenvalue weighted by Crippen LogP contribution is 2.34. The van der Waals surface area contributed by atoms with E-state index in [0.717, 1.165) is 46.9 Å². The van der Waals surface area contributed by atoms with Crippen LogP contribution in [0.1, 0.15) is 83.0 Å². The van der Waals surface area contributed by atoms with Crippen molar-refractivity contribution in [3.63, 3.8) is 0 Å². The molecule has 1 N–H and O–H groups in total. The van der Waals surface area contributed by atoms with Crippen LogP contribution in [0, 0.1) is 24.2 Å². The van der Waals surface area contributed by atoms with Gasteiger partial charge in [0, 0.05) is 17.7 Å². The molecule has 2 heterocycles. The van der Waals surface area contributed by atoms with E-state index in [4.69, 9.17) is 14.2 Å². The molecular formula is C34H47NO6S. The van der Waals surface area contributed by atoms with E-state index in [1.54, 1.807) is 39.2 Å². The Morgan fingerprint density at radius 2 is 1.90 bits per heavy atom. The SMILES string of the molecule is COc1ccc(CO[C@H]2CC(=O)OC(/C(C)=C/c3csc(C)n3)C/C=C\CCC[C@H](C)[C@H](O)[C@@H](C)C(=O)C2(C)C)cc1. The lowest BCUT2D eigenvalue weighted by molar-refractivity contribution is -0.158. The molecule has 1 aliphatic heterocycles. The van der Waals surface area contributed by atoms with Gasteiger partial charge in [-0.3, -0.25) is 9.59 Å². The highest BCUT2D eigenvalue weighted by molar-refractivity contribution is 7.09. The van der Waals surface area contributed by atoms with Gasteiger partial charge in [-0.15, -0.1) is 11.3 Å². The number of ether oxygens (including phenoxy) is 3. The number of esters is 1. The van der Waals surface area contributed by atoms with E-state index in [-0.39, 0.29) is 24.7 Å². The molecule has 0 spiro atoms. The van der Waals surface area contributed by atoms with Crippen LogP contribution < -0.4 is 4.74 Å². The number of carbonyl (C=O) groups is 2. The van der Waals surface area contributed by atoms with E-state index in [2.05, 4.69) is 17.1 Å². The van der Waals surface area contributed by atoms with E-state index in [1.165, 1.54) is 0 Å².